The Kier molecular flexibility index (Phi) is 7.78. The van der Waals surface area contributed by atoms with Crippen LogP contribution in [0.25, 0.3) is 0 Å². The molecule has 1 spiro atoms. The Balaban J connectivity index is 1.30. The maximum Gasteiger partial charge on any atom is 0.416 e. The van der Waals surface area contributed by atoms with Crippen molar-refractivity contribution in [2.45, 2.75) is 94.7 Å². The second kappa shape index (κ2) is 11.5. The zero-order valence-electron chi connectivity index (χ0n) is 27.3. The average molecular weight is 651 g/mol. The summed E-state index contributed by atoms with van der Waals surface area (Å²) in [6.07, 6.45) is 0.0294. The molecule has 0 unspecified atom stereocenters. The predicted molar refractivity (Wildman–Crippen MR) is 168 cm³/mol. The summed E-state index contributed by atoms with van der Waals surface area (Å²) in [7, 11) is 1.62. The van der Waals surface area contributed by atoms with Gasteiger partial charge in [0.05, 0.1) is 30.2 Å². The zero-order chi connectivity index (χ0) is 33.3. The molecule has 1 amide bonds. The van der Waals surface area contributed by atoms with Crippen LogP contribution in [-0.2, 0) is 32.3 Å². The molecule has 5 aliphatic rings. The third-order valence-electron chi connectivity index (χ3n) is 11.0. The van der Waals surface area contributed by atoms with E-state index in [1.165, 1.54) is 37.5 Å². The first-order valence-corrected chi connectivity index (χ1v) is 16.7. The summed E-state index contributed by atoms with van der Waals surface area (Å²) in [5.41, 5.74) is 0.235. The van der Waals surface area contributed by atoms with Crippen LogP contribution >= 0.6 is 0 Å². The van der Waals surface area contributed by atoms with Crippen molar-refractivity contribution in [3.8, 4) is 23.3 Å². The molecule has 3 aliphatic carbocycles. The van der Waals surface area contributed by atoms with Gasteiger partial charge < -0.3 is 19.1 Å². The van der Waals surface area contributed by atoms with E-state index in [2.05, 4.69) is 22.8 Å². The van der Waals surface area contributed by atoms with Crippen LogP contribution in [-0.4, -0.2) is 72.2 Å². The number of hydrogen-bond acceptors (Lipinski definition) is 6. The van der Waals surface area contributed by atoms with Gasteiger partial charge in [0, 0.05) is 37.1 Å². The molecule has 0 radical (unpaired) electrons. The van der Waals surface area contributed by atoms with Gasteiger partial charge in [0.2, 0.25) is 0 Å². The minimum Gasteiger partial charge on any atom is -0.493 e. The molecule has 7 nitrogen and oxygen atoms in total. The summed E-state index contributed by atoms with van der Waals surface area (Å²) < 4.78 is 58.7. The fourth-order valence-electron chi connectivity index (χ4n) is 9.06. The minimum absolute atomic E-state index is 0.0200. The van der Waals surface area contributed by atoms with Crippen LogP contribution in [0.3, 0.4) is 0 Å². The van der Waals surface area contributed by atoms with Crippen LogP contribution < -0.4 is 9.47 Å². The molecule has 2 saturated carbocycles. The number of halogens is 3. The van der Waals surface area contributed by atoms with E-state index in [0.717, 1.165) is 37.2 Å². The number of rotatable bonds is 7. The molecule has 5 atom stereocenters. The lowest BCUT2D eigenvalue weighted by molar-refractivity contribution is -0.224. The van der Waals surface area contributed by atoms with Crippen LogP contribution in [0.4, 0.5) is 13.2 Å². The highest BCUT2D eigenvalue weighted by molar-refractivity contribution is 5.94. The molecule has 7 rings (SSSR count). The first kappa shape index (κ1) is 31.9. The van der Waals surface area contributed by atoms with E-state index >= 15 is 0 Å². The molecule has 1 saturated heterocycles. The maximum atomic E-state index is 14.0. The van der Waals surface area contributed by atoms with E-state index in [4.69, 9.17) is 14.2 Å². The van der Waals surface area contributed by atoms with E-state index in [1.54, 1.807) is 12.0 Å². The summed E-state index contributed by atoms with van der Waals surface area (Å²) in [6, 6.07) is 8.17. The lowest BCUT2D eigenvalue weighted by Crippen LogP contribution is -2.79. The SMILES string of the molecule is COc1ccc2c3c1O[C@H]1[C@H](N(CC(C)C)C(=O)C#Cc4ccc(C(F)(F)F)cc4)CC[C@@]4(OC(C)=O)[C@@H](C2)N(CC2CC2)CC[C@]314. The second-order valence-electron chi connectivity index (χ2n) is 14.3. The number of likely N-dealkylation sites (tertiary alicyclic amines) is 1. The number of carbonyl (C=O) groups excluding carboxylic acids is 2. The average Bonchev–Trinajstić information content (AvgIpc) is 3.77. The summed E-state index contributed by atoms with van der Waals surface area (Å²) >= 11 is 0. The lowest BCUT2D eigenvalue weighted by Gasteiger charge is -2.65. The smallest absolute Gasteiger partial charge is 0.416 e. The van der Waals surface area contributed by atoms with Crippen LogP contribution in [0.1, 0.15) is 75.1 Å². The number of ether oxygens (including phenoxy) is 3. The Morgan fingerprint density at radius 2 is 1.85 bits per heavy atom. The summed E-state index contributed by atoms with van der Waals surface area (Å²) in [5, 5.41) is 0. The van der Waals surface area contributed by atoms with Gasteiger partial charge in [0.15, 0.2) is 11.5 Å². The largest absolute Gasteiger partial charge is 0.493 e. The van der Waals surface area contributed by atoms with Crippen molar-refractivity contribution >= 4 is 11.9 Å². The number of piperidine rings is 1. The molecule has 2 bridgehead atoms. The molecule has 250 valence electrons. The molecule has 2 aromatic carbocycles. The lowest BCUT2D eigenvalue weighted by atomic mass is 9.48. The summed E-state index contributed by atoms with van der Waals surface area (Å²) in [6.45, 7) is 7.78. The van der Waals surface area contributed by atoms with E-state index < -0.39 is 34.8 Å². The molecular weight excluding hydrogens is 609 g/mol. The van der Waals surface area contributed by atoms with Crippen molar-refractivity contribution in [3.63, 3.8) is 0 Å². The highest BCUT2D eigenvalue weighted by atomic mass is 19.4. The molecular formula is C37H41F3N2O5. The van der Waals surface area contributed by atoms with Crippen LogP contribution in [0.5, 0.6) is 11.5 Å². The van der Waals surface area contributed by atoms with Gasteiger partial charge in [0.25, 0.3) is 5.91 Å². The van der Waals surface area contributed by atoms with Gasteiger partial charge in [-0.05, 0) is 92.8 Å². The van der Waals surface area contributed by atoms with E-state index in [9.17, 15) is 22.8 Å². The van der Waals surface area contributed by atoms with Gasteiger partial charge >= 0.3 is 12.1 Å². The summed E-state index contributed by atoms with van der Waals surface area (Å²) in [5.74, 6) is 6.86. The summed E-state index contributed by atoms with van der Waals surface area (Å²) in [4.78, 5) is 31.4. The molecule has 2 aromatic rings. The highest BCUT2D eigenvalue weighted by Crippen LogP contribution is 2.67. The Bertz CT molecular complexity index is 1640. The second-order valence-corrected chi connectivity index (χ2v) is 14.3. The Labute approximate surface area is 273 Å². The molecule has 3 fully saturated rings. The van der Waals surface area contributed by atoms with Gasteiger partial charge in [-0.25, -0.2) is 0 Å². The third kappa shape index (κ3) is 5.16. The van der Waals surface area contributed by atoms with Crippen molar-refractivity contribution in [2.24, 2.45) is 11.8 Å². The number of carbonyl (C=O) groups is 2. The van der Waals surface area contributed by atoms with Gasteiger partial charge in [0.1, 0.15) is 11.7 Å². The van der Waals surface area contributed by atoms with E-state index in [-0.39, 0.29) is 24.0 Å². The fraction of sp³-hybridized carbons (Fsp3) is 0.568. The minimum atomic E-state index is -4.45. The van der Waals surface area contributed by atoms with Gasteiger partial charge in [-0.1, -0.05) is 25.8 Å². The predicted octanol–water partition coefficient (Wildman–Crippen LogP) is 5.75. The first-order chi connectivity index (χ1) is 22.4. The Morgan fingerprint density at radius 1 is 1.11 bits per heavy atom. The fourth-order valence-corrected chi connectivity index (χ4v) is 9.06. The monoisotopic (exact) mass is 650 g/mol. The van der Waals surface area contributed by atoms with Crippen LogP contribution in [0.2, 0.25) is 0 Å². The van der Waals surface area contributed by atoms with Gasteiger partial charge in [-0.3, -0.25) is 14.5 Å². The topological polar surface area (TPSA) is 68.3 Å². The van der Waals surface area contributed by atoms with Crippen molar-refractivity contribution < 1.29 is 37.0 Å². The standard InChI is InChI=1S/C37H41F3N2O5/c1-22(2)20-42(31(44)14-9-24-7-11-27(12-8-24)37(38,39)40)28-15-16-36(47-23(3)43)30-19-26-10-13-29(45-4)33-32(26)35(36,34(28)46-33)17-18-41(30)21-25-5-6-25/h7-8,10-13,22,25,28,30,34H,5-6,15-21H2,1-4H3/t28-,30-,34+,35+,36-/m1/s1. The third-order valence-corrected chi connectivity index (χ3v) is 11.0. The van der Waals surface area contributed by atoms with Gasteiger partial charge in [-0.15, -0.1) is 0 Å². The van der Waals surface area contributed by atoms with Crippen molar-refractivity contribution in [1.82, 2.24) is 9.80 Å². The van der Waals surface area contributed by atoms with Crippen molar-refractivity contribution in [3.05, 3.63) is 58.7 Å². The number of esters is 1. The van der Waals surface area contributed by atoms with Crippen LogP contribution in [0.15, 0.2) is 36.4 Å². The number of nitrogens with zero attached hydrogens (tertiary/aromatic N) is 2. The van der Waals surface area contributed by atoms with Crippen molar-refractivity contribution in [2.75, 3.05) is 26.7 Å². The molecule has 10 heteroatoms. The quantitative estimate of drug-likeness (QED) is 0.281. The number of amides is 1. The van der Waals surface area contributed by atoms with E-state index in [1.807, 2.05) is 19.9 Å². The Morgan fingerprint density at radius 3 is 2.49 bits per heavy atom. The molecule has 47 heavy (non-hydrogen) atoms. The molecule has 2 heterocycles. The molecule has 0 N–H and O–H groups in total. The van der Waals surface area contributed by atoms with E-state index in [0.29, 0.717) is 48.8 Å². The number of alkyl halides is 3. The maximum absolute atomic E-state index is 14.0. The number of benzene rings is 2. The highest BCUT2D eigenvalue weighted by Gasteiger charge is 2.76. The van der Waals surface area contributed by atoms with Crippen LogP contribution in [0, 0.1) is 23.7 Å². The zero-order valence-corrected chi connectivity index (χ0v) is 27.3. The number of methoxy groups -OCH3 is 1. The molecule has 0 aromatic heterocycles. The van der Waals surface area contributed by atoms with Gasteiger partial charge in [-0.2, -0.15) is 13.2 Å². The number of hydrogen-bond donors (Lipinski definition) is 0. The van der Waals surface area contributed by atoms with Crippen molar-refractivity contribution in [1.29, 1.82) is 0 Å². The first-order valence-electron chi connectivity index (χ1n) is 16.7. The normalized spacial score (nSPS) is 28.9. The molecule has 2 aliphatic heterocycles. The Hall–Kier alpha value is -3.71.